The second-order valence-electron chi connectivity index (χ2n) is 6.81. The number of benzene rings is 2. The van der Waals surface area contributed by atoms with E-state index in [9.17, 15) is 9.59 Å². The molecule has 0 aliphatic heterocycles. The summed E-state index contributed by atoms with van der Waals surface area (Å²) in [6.45, 7) is 0. The highest BCUT2D eigenvalue weighted by atomic mass is 32.2. The summed E-state index contributed by atoms with van der Waals surface area (Å²) in [5, 5.41) is 23.8. The summed E-state index contributed by atoms with van der Waals surface area (Å²) in [4.78, 5) is 23.9. The summed E-state index contributed by atoms with van der Waals surface area (Å²) in [7, 11) is 0. The number of thioether (sulfide) groups is 1. The minimum absolute atomic E-state index is 0.390. The van der Waals surface area contributed by atoms with Gasteiger partial charge in [0.05, 0.1) is 0 Å². The molecule has 0 atom stereocenters. The van der Waals surface area contributed by atoms with Gasteiger partial charge >= 0.3 is 12.2 Å². The Labute approximate surface area is 213 Å². The Morgan fingerprint density at radius 3 is 1.83 bits per heavy atom. The topological polar surface area (TPSA) is 128 Å². The monoisotopic (exact) mass is 528 g/mol. The third-order valence-corrected chi connectivity index (χ3v) is 7.14. The highest BCUT2D eigenvalue weighted by molar-refractivity contribution is 7.98. The Hall–Kier alpha value is -3.55. The first-order valence-corrected chi connectivity index (χ1v) is 13.2. The molecule has 0 saturated carbocycles. The number of hydrogen-bond donors (Lipinski definition) is 2. The number of anilines is 2. The highest BCUT2D eigenvalue weighted by Crippen LogP contribution is 2.23. The van der Waals surface area contributed by atoms with Crippen LogP contribution >= 0.6 is 34.4 Å². The molecule has 2 N–H and O–H groups in total. The largest absolute Gasteiger partial charge is 0.418 e. The van der Waals surface area contributed by atoms with Crippen molar-refractivity contribution in [3.05, 3.63) is 70.7 Å². The Kier molecular flexibility index (Phi) is 8.98. The zero-order chi connectivity index (χ0) is 24.3. The maximum absolute atomic E-state index is 11.9. The number of hydrogen-bond acceptors (Lipinski definition) is 11. The van der Waals surface area contributed by atoms with Crippen molar-refractivity contribution in [3.63, 3.8) is 0 Å². The number of amides is 2. The van der Waals surface area contributed by atoms with Crippen LogP contribution in [0.2, 0.25) is 0 Å². The minimum Gasteiger partial charge on any atom is -0.410 e. The molecular formula is C22H20N6O4S3. The predicted octanol–water partition coefficient (Wildman–Crippen LogP) is 5.48. The summed E-state index contributed by atoms with van der Waals surface area (Å²) in [6.07, 6.45) is 0.426. The molecular weight excluding hydrogens is 508 g/mol. The van der Waals surface area contributed by atoms with Gasteiger partial charge in [-0.25, -0.2) is 9.59 Å². The normalized spacial score (nSPS) is 10.5. The van der Waals surface area contributed by atoms with Crippen LogP contribution in [0.3, 0.4) is 0 Å². The molecule has 10 nitrogen and oxygen atoms in total. The number of carbonyl (C=O) groups excluding carboxylic acids is 2. The van der Waals surface area contributed by atoms with Crippen LogP contribution in [0.5, 0.6) is 11.5 Å². The molecule has 0 aliphatic carbocycles. The van der Waals surface area contributed by atoms with Gasteiger partial charge in [0.1, 0.15) is 21.5 Å². The van der Waals surface area contributed by atoms with Crippen molar-refractivity contribution in [2.45, 2.75) is 18.6 Å². The number of nitrogens with one attached hydrogen (secondary N) is 2. The smallest absolute Gasteiger partial charge is 0.410 e. The molecule has 0 aliphatic rings. The van der Waals surface area contributed by atoms with Crippen LogP contribution in [0.15, 0.2) is 60.7 Å². The molecule has 4 aromatic rings. The van der Waals surface area contributed by atoms with Crippen LogP contribution in [0.25, 0.3) is 0 Å². The molecule has 180 valence electrons. The van der Waals surface area contributed by atoms with Crippen LogP contribution in [-0.4, -0.2) is 38.3 Å². The number of rotatable bonds is 10. The molecule has 2 amide bonds. The number of para-hydroxylation sites is 2. The van der Waals surface area contributed by atoms with Gasteiger partial charge in [0.15, 0.2) is 0 Å². The van der Waals surface area contributed by atoms with Crippen LogP contribution in [0.4, 0.5) is 19.9 Å². The van der Waals surface area contributed by atoms with E-state index in [1.165, 1.54) is 22.7 Å². The highest BCUT2D eigenvalue weighted by Gasteiger charge is 2.11. The van der Waals surface area contributed by atoms with Gasteiger partial charge < -0.3 is 9.47 Å². The van der Waals surface area contributed by atoms with Crippen LogP contribution in [0.1, 0.15) is 16.4 Å². The first-order valence-electron chi connectivity index (χ1n) is 10.4. The average molecular weight is 529 g/mol. The molecule has 0 unspecified atom stereocenters. The summed E-state index contributed by atoms with van der Waals surface area (Å²) >= 11 is 4.34. The van der Waals surface area contributed by atoms with Crippen LogP contribution < -0.4 is 20.1 Å². The van der Waals surface area contributed by atoms with Gasteiger partial charge in [-0.1, -0.05) is 59.1 Å². The van der Waals surface area contributed by atoms with Crippen molar-refractivity contribution in [1.82, 2.24) is 20.4 Å². The lowest BCUT2D eigenvalue weighted by atomic mass is 10.3. The summed E-state index contributed by atoms with van der Waals surface area (Å²) in [5.41, 5.74) is 0. The van der Waals surface area contributed by atoms with E-state index in [1.807, 2.05) is 12.1 Å². The van der Waals surface area contributed by atoms with E-state index >= 15 is 0 Å². The van der Waals surface area contributed by atoms with E-state index in [1.54, 1.807) is 60.3 Å². The van der Waals surface area contributed by atoms with Gasteiger partial charge in [0.25, 0.3) is 0 Å². The number of aromatic nitrogens is 4. The van der Waals surface area contributed by atoms with E-state index in [4.69, 9.17) is 9.47 Å². The van der Waals surface area contributed by atoms with E-state index in [-0.39, 0.29) is 0 Å². The molecule has 0 spiro atoms. The molecule has 2 heterocycles. The maximum atomic E-state index is 11.9. The number of carbonyl (C=O) groups is 2. The Morgan fingerprint density at radius 1 is 0.743 bits per heavy atom. The molecule has 0 saturated heterocycles. The summed E-state index contributed by atoms with van der Waals surface area (Å²) in [5.74, 6) is 2.48. The zero-order valence-corrected chi connectivity index (χ0v) is 20.7. The average Bonchev–Trinajstić information content (AvgIpc) is 3.49. The standard InChI is InChI=1S/C22H20N6O4S3/c29-21(31-15-8-3-1-4-9-15)23-19-27-25-17(34-19)12-7-13-33-14-18-26-28-20(35-18)24-22(30)32-16-10-5-2-6-11-16/h1-6,8-11H,7,12-14H2,(H,23,27,29)(H,24,28,30). The first-order chi connectivity index (χ1) is 17.1. The molecule has 0 bridgehead atoms. The summed E-state index contributed by atoms with van der Waals surface area (Å²) in [6, 6.07) is 17.6. The maximum Gasteiger partial charge on any atom is 0.418 e. The molecule has 0 radical (unpaired) electrons. The van der Waals surface area contributed by atoms with Crippen molar-refractivity contribution in [2.24, 2.45) is 0 Å². The number of ether oxygens (including phenoxy) is 2. The van der Waals surface area contributed by atoms with Crippen LogP contribution in [0, 0.1) is 0 Å². The summed E-state index contributed by atoms with van der Waals surface area (Å²) < 4.78 is 10.4. The van der Waals surface area contributed by atoms with E-state index in [2.05, 4.69) is 31.0 Å². The van der Waals surface area contributed by atoms with Crippen molar-refractivity contribution < 1.29 is 19.1 Å². The second-order valence-corrected chi connectivity index (χ2v) is 10.0. The van der Waals surface area contributed by atoms with Crippen molar-refractivity contribution >= 4 is 56.9 Å². The molecule has 2 aromatic carbocycles. The predicted molar refractivity (Wildman–Crippen MR) is 136 cm³/mol. The fourth-order valence-corrected chi connectivity index (χ4v) is 5.17. The van der Waals surface area contributed by atoms with Crippen LogP contribution in [-0.2, 0) is 12.2 Å². The molecule has 0 fully saturated rings. The SMILES string of the molecule is O=C(Nc1nnc(CCCSCc2nnc(NC(=O)Oc3ccccc3)s2)s1)Oc1ccccc1. The molecule has 2 aromatic heterocycles. The number of aryl methyl sites for hydroxylation is 1. The lowest BCUT2D eigenvalue weighted by Crippen LogP contribution is -2.16. The molecule has 13 heteroatoms. The van der Waals surface area contributed by atoms with Gasteiger partial charge in [0, 0.05) is 12.2 Å². The van der Waals surface area contributed by atoms with E-state index in [0.29, 0.717) is 27.5 Å². The van der Waals surface area contributed by atoms with Crippen molar-refractivity contribution in [1.29, 1.82) is 0 Å². The first kappa shape index (κ1) is 24.6. The van der Waals surface area contributed by atoms with Crippen molar-refractivity contribution in [2.75, 3.05) is 16.4 Å². The second kappa shape index (κ2) is 12.8. The molecule has 4 rings (SSSR count). The Bertz CT molecular complexity index is 1140. The van der Waals surface area contributed by atoms with Gasteiger partial charge in [-0.3, -0.25) is 10.6 Å². The number of nitrogens with zero attached hydrogens (tertiary/aromatic N) is 4. The van der Waals surface area contributed by atoms with Gasteiger partial charge in [-0.05, 0) is 36.4 Å². The van der Waals surface area contributed by atoms with Gasteiger partial charge in [-0.2, -0.15) is 11.8 Å². The van der Waals surface area contributed by atoms with Gasteiger partial charge in [-0.15, -0.1) is 20.4 Å². The third-order valence-electron chi connectivity index (χ3n) is 4.16. The lowest BCUT2D eigenvalue weighted by molar-refractivity contribution is 0.214. The fourth-order valence-electron chi connectivity index (χ4n) is 2.67. The van der Waals surface area contributed by atoms with E-state index in [0.717, 1.165) is 28.6 Å². The quantitative estimate of drug-likeness (QED) is 0.257. The Morgan fingerprint density at radius 2 is 1.26 bits per heavy atom. The Balaban J connectivity index is 1.11. The van der Waals surface area contributed by atoms with E-state index < -0.39 is 12.2 Å². The molecule has 35 heavy (non-hydrogen) atoms. The fraction of sp³-hybridized carbons (Fsp3) is 0.182. The lowest BCUT2D eigenvalue weighted by Gasteiger charge is -2.02. The van der Waals surface area contributed by atoms with Crippen molar-refractivity contribution in [3.8, 4) is 11.5 Å². The third kappa shape index (κ3) is 8.31. The minimum atomic E-state index is -0.606. The zero-order valence-electron chi connectivity index (χ0n) is 18.2. The van der Waals surface area contributed by atoms with Gasteiger partial charge in [0.2, 0.25) is 10.3 Å².